The number of rotatable bonds is 54. The van der Waals surface area contributed by atoms with Crippen molar-refractivity contribution in [1.82, 2.24) is 0 Å². The Balaban J connectivity index is 4.43. The van der Waals surface area contributed by atoms with Crippen molar-refractivity contribution >= 4 is 17.9 Å². The second-order valence-electron chi connectivity index (χ2n) is 19.9. The zero-order valence-electron chi connectivity index (χ0n) is 46.7. The third-order valence-corrected chi connectivity index (χ3v) is 12.9. The smallest absolute Gasteiger partial charge is 0.306 e. The predicted molar refractivity (Wildman–Crippen MR) is 307 cm³/mol. The number of ether oxygens (including phenoxy) is 3. The average molecular weight is 990 g/mol. The minimum absolute atomic E-state index is 0.0866. The first-order chi connectivity index (χ1) is 35.0. The number of hydrogen-bond acceptors (Lipinski definition) is 6. The molecule has 6 heteroatoms. The number of hydrogen-bond donors (Lipinski definition) is 0. The van der Waals surface area contributed by atoms with Gasteiger partial charge in [-0.3, -0.25) is 14.4 Å². The monoisotopic (exact) mass is 989 g/mol. The van der Waals surface area contributed by atoms with E-state index in [1.807, 2.05) is 0 Å². The first-order valence-corrected chi connectivity index (χ1v) is 30.1. The molecule has 0 N–H and O–H groups in total. The molecular formula is C65H112O6. The van der Waals surface area contributed by atoms with Gasteiger partial charge in [0.15, 0.2) is 6.10 Å². The lowest BCUT2D eigenvalue weighted by molar-refractivity contribution is -0.167. The van der Waals surface area contributed by atoms with Crippen LogP contribution in [-0.4, -0.2) is 37.2 Å². The summed E-state index contributed by atoms with van der Waals surface area (Å²) in [5.74, 6) is -0.914. The summed E-state index contributed by atoms with van der Waals surface area (Å²) in [5, 5.41) is 0. The lowest BCUT2D eigenvalue weighted by Crippen LogP contribution is -2.30. The summed E-state index contributed by atoms with van der Waals surface area (Å²) in [6.07, 6.45) is 77.1. The first-order valence-electron chi connectivity index (χ1n) is 30.1. The van der Waals surface area contributed by atoms with Crippen LogP contribution in [-0.2, 0) is 28.6 Å². The van der Waals surface area contributed by atoms with Crippen LogP contribution in [0, 0.1) is 0 Å². The summed E-state index contributed by atoms with van der Waals surface area (Å²) in [5.41, 5.74) is 0. The highest BCUT2D eigenvalue weighted by Crippen LogP contribution is 2.16. The third kappa shape index (κ3) is 57.4. The van der Waals surface area contributed by atoms with Crippen LogP contribution in [0.1, 0.15) is 290 Å². The van der Waals surface area contributed by atoms with Crippen LogP contribution in [0.3, 0.4) is 0 Å². The fourth-order valence-electron chi connectivity index (χ4n) is 8.38. The van der Waals surface area contributed by atoms with E-state index in [2.05, 4.69) is 106 Å². The zero-order chi connectivity index (χ0) is 51.4. The van der Waals surface area contributed by atoms with Crippen molar-refractivity contribution in [1.29, 1.82) is 0 Å². The van der Waals surface area contributed by atoms with Crippen molar-refractivity contribution in [3.05, 3.63) is 85.1 Å². The molecule has 0 aromatic heterocycles. The summed E-state index contributed by atoms with van der Waals surface area (Å²) >= 11 is 0. The van der Waals surface area contributed by atoms with Crippen molar-refractivity contribution in [3.8, 4) is 0 Å². The van der Waals surface area contributed by atoms with E-state index in [4.69, 9.17) is 14.2 Å². The zero-order valence-corrected chi connectivity index (χ0v) is 46.7. The molecule has 0 aromatic carbocycles. The topological polar surface area (TPSA) is 78.9 Å². The van der Waals surface area contributed by atoms with Gasteiger partial charge in [-0.15, -0.1) is 0 Å². The van der Waals surface area contributed by atoms with Crippen LogP contribution in [0.25, 0.3) is 0 Å². The van der Waals surface area contributed by atoms with Gasteiger partial charge in [0.1, 0.15) is 13.2 Å². The lowest BCUT2D eigenvalue weighted by atomic mass is 10.0. The van der Waals surface area contributed by atoms with Gasteiger partial charge in [0.05, 0.1) is 0 Å². The van der Waals surface area contributed by atoms with Gasteiger partial charge in [0, 0.05) is 19.3 Å². The van der Waals surface area contributed by atoms with Crippen LogP contribution in [0.5, 0.6) is 0 Å². The van der Waals surface area contributed by atoms with Crippen LogP contribution in [0.4, 0.5) is 0 Å². The largest absolute Gasteiger partial charge is 0.462 e. The van der Waals surface area contributed by atoms with Gasteiger partial charge in [0.25, 0.3) is 0 Å². The van der Waals surface area contributed by atoms with E-state index in [0.717, 1.165) is 103 Å². The Morgan fingerprint density at radius 1 is 0.296 bits per heavy atom. The lowest BCUT2D eigenvalue weighted by Gasteiger charge is -2.18. The molecule has 0 amide bonds. The molecule has 0 aliphatic heterocycles. The SMILES string of the molecule is CC/C=C/C/C=C/C/C=C/C/C=C/C/C=C/CCCCCC(=O)OC[C@@H](COC(=O)CCCCCCCCCCCCCCCCC)OC(=O)CCCCCCCCCCC/C=C/C/C=C/CCCCC. The van der Waals surface area contributed by atoms with E-state index >= 15 is 0 Å². The summed E-state index contributed by atoms with van der Waals surface area (Å²) in [4.78, 5) is 38.2. The summed E-state index contributed by atoms with van der Waals surface area (Å²) in [6.45, 7) is 6.50. The van der Waals surface area contributed by atoms with E-state index in [9.17, 15) is 14.4 Å². The summed E-state index contributed by atoms with van der Waals surface area (Å²) in [6, 6.07) is 0. The quantitative estimate of drug-likeness (QED) is 0.0261. The number of carbonyl (C=O) groups excluding carboxylic acids is 3. The van der Waals surface area contributed by atoms with Gasteiger partial charge in [-0.2, -0.15) is 0 Å². The first kappa shape index (κ1) is 67.6. The predicted octanol–water partition coefficient (Wildman–Crippen LogP) is 20.3. The van der Waals surface area contributed by atoms with Crippen molar-refractivity contribution in [3.63, 3.8) is 0 Å². The van der Waals surface area contributed by atoms with E-state index in [-0.39, 0.29) is 31.1 Å². The molecule has 0 saturated heterocycles. The fourth-order valence-corrected chi connectivity index (χ4v) is 8.38. The molecule has 6 nitrogen and oxygen atoms in total. The van der Waals surface area contributed by atoms with Crippen LogP contribution < -0.4 is 0 Å². The normalized spacial score (nSPS) is 12.7. The Labute approximate surface area is 439 Å². The maximum Gasteiger partial charge on any atom is 0.306 e. The van der Waals surface area contributed by atoms with E-state index in [1.165, 1.54) is 148 Å². The van der Waals surface area contributed by atoms with Gasteiger partial charge < -0.3 is 14.2 Å². The highest BCUT2D eigenvalue weighted by molar-refractivity contribution is 5.71. The van der Waals surface area contributed by atoms with Gasteiger partial charge in [-0.05, 0) is 96.3 Å². The molecule has 0 heterocycles. The Kier molecular flexibility index (Phi) is 56.3. The molecule has 0 spiro atoms. The molecule has 408 valence electrons. The van der Waals surface area contributed by atoms with E-state index in [1.54, 1.807) is 0 Å². The van der Waals surface area contributed by atoms with Crippen LogP contribution >= 0.6 is 0 Å². The minimum Gasteiger partial charge on any atom is -0.462 e. The van der Waals surface area contributed by atoms with Crippen molar-refractivity contribution in [2.24, 2.45) is 0 Å². The second-order valence-corrected chi connectivity index (χ2v) is 19.9. The maximum atomic E-state index is 12.9. The van der Waals surface area contributed by atoms with E-state index < -0.39 is 6.10 Å². The fraction of sp³-hybridized carbons (Fsp3) is 0.738. The van der Waals surface area contributed by atoms with Crippen molar-refractivity contribution in [2.75, 3.05) is 13.2 Å². The van der Waals surface area contributed by atoms with Gasteiger partial charge >= 0.3 is 17.9 Å². The Morgan fingerprint density at radius 2 is 0.549 bits per heavy atom. The van der Waals surface area contributed by atoms with Crippen LogP contribution in [0.15, 0.2) is 85.1 Å². The Bertz CT molecular complexity index is 1370. The molecule has 0 radical (unpaired) electrons. The number of esters is 3. The molecule has 0 bridgehead atoms. The second kappa shape index (κ2) is 59.2. The number of carbonyl (C=O) groups is 3. The molecule has 1 atom stereocenters. The van der Waals surface area contributed by atoms with Crippen LogP contribution in [0.2, 0.25) is 0 Å². The molecule has 0 saturated carbocycles. The molecule has 0 aliphatic rings. The molecule has 71 heavy (non-hydrogen) atoms. The van der Waals surface area contributed by atoms with Gasteiger partial charge in [-0.1, -0.05) is 260 Å². The molecule has 0 rings (SSSR count). The van der Waals surface area contributed by atoms with Crippen molar-refractivity contribution in [2.45, 2.75) is 297 Å². The molecule has 0 aromatic rings. The summed E-state index contributed by atoms with van der Waals surface area (Å²) < 4.78 is 16.9. The van der Waals surface area contributed by atoms with E-state index in [0.29, 0.717) is 19.3 Å². The average Bonchev–Trinajstić information content (AvgIpc) is 3.37. The Hall–Kier alpha value is -3.41. The van der Waals surface area contributed by atoms with Gasteiger partial charge in [0.2, 0.25) is 0 Å². The molecule has 0 fully saturated rings. The third-order valence-electron chi connectivity index (χ3n) is 12.9. The molecule has 0 unspecified atom stereocenters. The Morgan fingerprint density at radius 3 is 0.901 bits per heavy atom. The number of unbranched alkanes of at least 4 members (excludes halogenated alkanes) is 29. The highest BCUT2D eigenvalue weighted by atomic mass is 16.6. The molecular weight excluding hydrogens is 877 g/mol. The maximum absolute atomic E-state index is 12.9. The minimum atomic E-state index is -0.792. The number of allylic oxidation sites excluding steroid dienone is 14. The van der Waals surface area contributed by atoms with Gasteiger partial charge in [-0.25, -0.2) is 0 Å². The van der Waals surface area contributed by atoms with Crippen molar-refractivity contribution < 1.29 is 28.6 Å². The highest BCUT2D eigenvalue weighted by Gasteiger charge is 2.19. The molecule has 0 aliphatic carbocycles. The standard InChI is InChI=1S/C65H112O6/c1-4-7-10-13-16-19-22-25-28-30-32-34-37-40-43-46-49-52-55-58-64(67)70-61-62(60-69-63(66)57-54-51-48-45-42-39-36-27-24-21-18-15-12-9-6-3)71-65(68)59-56-53-50-47-44-41-38-35-33-31-29-26-23-20-17-14-11-8-5-2/h7,10,16-17,19-20,25-26,28-29,32,34,40,43,62H,4-6,8-9,11-15,18,21-24,27,30-31,33,35-39,41-42,44-61H2,1-3H3/b10-7+,19-16+,20-17+,28-25+,29-26+,34-32+,43-40+/t62-/m1/s1. The summed E-state index contributed by atoms with van der Waals surface area (Å²) in [7, 11) is 0.